The number of nitrogens with zero attached hydrogens (tertiary/aromatic N) is 2. The van der Waals surface area contributed by atoms with E-state index in [2.05, 4.69) is 0 Å². The van der Waals surface area contributed by atoms with Crippen molar-refractivity contribution in [3.8, 4) is 0 Å². The van der Waals surface area contributed by atoms with Crippen LogP contribution in [0.4, 0.5) is 0 Å². The van der Waals surface area contributed by atoms with Gasteiger partial charge in [-0.15, -0.1) is 11.8 Å². The Labute approximate surface area is 117 Å². The summed E-state index contributed by atoms with van der Waals surface area (Å²) >= 11 is 1.61. The lowest BCUT2D eigenvalue weighted by molar-refractivity contribution is -0.146. The van der Waals surface area contributed by atoms with Gasteiger partial charge < -0.3 is 4.74 Å². The molecule has 19 heavy (non-hydrogen) atoms. The van der Waals surface area contributed by atoms with E-state index in [1.807, 2.05) is 49.3 Å². The van der Waals surface area contributed by atoms with Crippen LogP contribution in [0.5, 0.6) is 0 Å². The third kappa shape index (κ3) is 3.16. The second kappa shape index (κ2) is 6.21. The minimum absolute atomic E-state index is 0.163. The predicted molar refractivity (Wildman–Crippen MR) is 78.4 cm³/mol. The fraction of sp³-hybridized carbons (Fsp3) is 0.429. The summed E-state index contributed by atoms with van der Waals surface area (Å²) in [5, 5.41) is 0.986. The normalized spacial score (nSPS) is 23.1. The molecule has 0 spiro atoms. The van der Waals surface area contributed by atoms with Gasteiger partial charge in [-0.25, -0.2) is 0 Å². The molecule has 0 amide bonds. The predicted octanol–water partition coefficient (Wildman–Crippen LogP) is 1.86. The molecule has 0 fully saturated rings. The first-order valence-corrected chi connectivity index (χ1v) is 7.12. The van der Waals surface area contributed by atoms with Crippen molar-refractivity contribution in [1.29, 1.82) is 0 Å². The molecule has 0 saturated carbocycles. The number of rotatable bonds is 3. The highest BCUT2D eigenvalue weighted by molar-refractivity contribution is 8.14. The van der Waals surface area contributed by atoms with Crippen LogP contribution in [-0.4, -0.2) is 49.0 Å². The van der Waals surface area contributed by atoms with Gasteiger partial charge >= 0.3 is 5.97 Å². The van der Waals surface area contributed by atoms with Crippen molar-refractivity contribution >= 4 is 22.8 Å². The summed E-state index contributed by atoms with van der Waals surface area (Å²) in [6.07, 6.45) is -0.163. The van der Waals surface area contributed by atoms with Crippen LogP contribution in [0.25, 0.3) is 0 Å². The van der Waals surface area contributed by atoms with Gasteiger partial charge in [-0.2, -0.15) is 0 Å². The maximum Gasteiger partial charge on any atom is 0.313 e. The van der Waals surface area contributed by atoms with Crippen LogP contribution >= 0.6 is 11.8 Å². The number of benzene rings is 1. The summed E-state index contributed by atoms with van der Waals surface area (Å²) in [6, 6.07) is 10.1. The molecule has 0 radical (unpaired) electrons. The molecule has 1 aromatic carbocycles. The van der Waals surface area contributed by atoms with E-state index in [0.29, 0.717) is 5.75 Å². The highest BCUT2D eigenvalue weighted by Crippen LogP contribution is 2.28. The van der Waals surface area contributed by atoms with Crippen LogP contribution in [0.15, 0.2) is 35.3 Å². The molecule has 0 aliphatic carbocycles. The van der Waals surface area contributed by atoms with Crippen molar-refractivity contribution in [3.63, 3.8) is 0 Å². The van der Waals surface area contributed by atoms with Crippen LogP contribution in [0.1, 0.15) is 5.56 Å². The van der Waals surface area contributed by atoms with Crippen molar-refractivity contribution in [2.75, 3.05) is 27.0 Å². The van der Waals surface area contributed by atoms with Gasteiger partial charge in [-0.3, -0.25) is 14.7 Å². The summed E-state index contributed by atoms with van der Waals surface area (Å²) in [7, 11) is 5.29. The quantitative estimate of drug-likeness (QED) is 0.791. The summed E-state index contributed by atoms with van der Waals surface area (Å²) in [5.41, 5.74) is 1.10. The first-order chi connectivity index (χ1) is 9.13. The molecule has 1 aliphatic rings. The van der Waals surface area contributed by atoms with Gasteiger partial charge in [-0.05, 0) is 14.1 Å². The van der Waals surface area contributed by atoms with Gasteiger partial charge in [0.25, 0.3) is 0 Å². The molecule has 0 N–H and O–H groups in total. The van der Waals surface area contributed by atoms with Crippen LogP contribution in [0.2, 0.25) is 0 Å². The summed E-state index contributed by atoms with van der Waals surface area (Å²) in [4.78, 5) is 18.5. The van der Waals surface area contributed by atoms with Crippen molar-refractivity contribution in [3.05, 3.63) is 35.9 Å². The zero-order chi connectivity index (χ0) is 13.8. The van der Waals surface area contributed by atoms with Crippen LogP contribution in [-0.2, 0) is 9.53 Å². The van der Waals surface area contributed by atoms with E-state index in [0.717, 1.165) is 10.6 Å². The standard InChI is InChI=1S/C14H18N2O2S/c1-16(2)12-11(14(17)18-3)9-19-13(15-12)10-7-5-4-6-8-10/h4-8,11-12H,9H2,1-3H3/t11-,12+/m1/s1. The maximum atomic E-state index is 11.8. The number of esters is 1. The average Bonchev–Trinajstić information content (AvgIpc) is 2.46. The summed E-state index contributed by atoms with van der Waals surface area (Å²) in [6.45, 7) is 0. The molecule has 5 heteroatoms. The second-order valence-corrected chi connectivity index (χ2v) is 5.63. The number of aliphatic imine (C=N–C) groups is 1. The minimum atomic E-state index is -0.211. The fourth-order valence-corrected chi connectivity index (χ4v) is 3.19. The highest BCUT2D eigenvalue weighted by atomic mass is 32.2. The van der Waals surface area contributed by atoms with Crippen molar-refractivity contribution in [1.82, 2.24) is 4.90 Å². The third-order valence-electron chi connectivity index (χ3n) is 3.06. The molecule has 0 unspecified atom stereocenters. The number of thioether (sulfide) groups is 1. The Morgan fingerprint density at radius 1 is 1.37 bits per heavy atom. The van der Waals surface area contributed by atoms with Gasteiger partial charge in [0.2, 0.25) is 0 Å². The zero-order valence-electron chi connectivity index (χ0n) is 11.4. The molecule has 2 rings (SSSR count). The van der Waals surface area contributed by atoms with E-state index < -0.39 is 0 Å². The van der Waals surface area contributed by atoms with Gasteiger partial charge in [0.1, 0.15) is 12.1 Å². The monoisotopic (exact) mass is 278 g/mol. The Bertz CT molecular complexity index is 474. The molecule has 1 aromatic rings. The van der Waals surface area contributed by atoms with E-state index in [1.165, 1.54) is 7.11 Å². The molecule has 2 atom stereocenters. The smallest absolute Gasteiger partial charge is 0.313 e. The Balaban J connectivity index is 2.28. The van der Waals surface area contributed by atoms with Crippen molar-refractivity contribution in [2.45, 2.75) is 6.17 Å². The summed E-state index contributed by atoms with van der Waals surface area (Å²) in [5.74, 6) is 0.294. The minimum Gasteiger partial charge on any atom is -0.469 e. The molecule has 0 bridgehead atoms. The average molecular weight is 278 g/mol. The Kier molecular flexibility index (Phi) is 4.61. The van der Waals surface area contributed by atoms with Gasteiger partial charge in [-0.1, -0.05) is 30.3 Å². The zero-order valence-corrected chi connectivity index (χ0v) is 12.2. The number of ether oxygens (including phenoxy) is 1. The van der Waals surface area contributed by atoms with Gasteiger partial charge in [0, 0.05) is 11.3 Å². The number of methoxy groups -OCH3 is 1. The third-order valence-corrected chi connectivity index (χ3v) is 4.20. The van der Waals surface area contributed by atoms with Crippen molar-refractivity contribution in [2.24, 2.45) is 10.9 Å². The molecule has 4 nitrogen and oxygen atoms in total. The number of carbonyl (C=O) groups is 1. The van der Waals surface area contributed by atoms with E-state index >= 15 is 0 Å². The van der Waals surface area contributed by atoms with Crippen LogP contribution in [0, 0.1) is 5.92 Å². The lowest BCUT2D eigenvalue weighted by Crippen LogP contribution is -2.42. The lowest BCUT2D eigenvalue weighted by atomic mass is 10.1. The molecule has 1 aliphatic heterocycles. The number of hydrogen-bond acceptors (Lipinski definition) is 5. The topological polar surface area (TPSA) is 41.9 Å². The van der Waals surface area contributed by atoms with E-state index in [4.69, 9.17) is 9.73 Å². The molecule has 1 heterocycles. The first-order valence-electron chi connectivity index (χ1n) is 6.13. The molecular formula is C14H18N2O2S. The molecular weight excluding hydrogens is 260 g/mol. The van der Waals surface area contributed by atoms with Crippen LogP contribution in [0.3, 0.4) is 0 Å². The first kappa shape index (κ1) is 14.1. The maximum absolute atomic E-state index is 11.8. The van der Waals surface area contributed by atoms with Gasteiger partial charge in [0.05, 0.1) is 12.2 Å². The molecule has 102 valence electrons. The highest BCUT2D eigenvalue weighted by Gasteiger charge is 2.34. The van der Waals surface area contributed by atoms with Crippen molar-refractivity contribution < 1.29 is 9.53 Å². The SMILES string of the molecule is COC(=O)[C@@H]1CSC(c2ccccc2)=N[C@H]1N(C)C. The molecule has 0 saturated heterocycles. The van der Waals surface area contributed by atoms with Crippen LogP contribution < -0.4 is 0 Å². The van der Waals surface area contributed by atoms with E-state index in [9.17, 15) is 4.79 Å². The Hall–Kier alpha value is -1.33. The van der Waals surface area contributed by atoms with Gasteiger partial charge in [0.15, 0.2) is 0 Å². The van der Waals surface area contributed by atoms with E-state index in [1.54, 1.807) is 11.8 Å². The van der Waals surface area contributed by atoms with E-state index in [-0.39, 0.29) is 18.1 Å². The largest absolute Gasteiger partial charge is 0.469 e. The second-order valence-electron chi connectivity index (χ2n) is 4.62. The number of carbonyl (C=O) groups excluding carboxylic acids is 1. The Morgan fingerprint density at radius 2 is 2.05 bits per heavy atom. The Morgan fingerprint density at radius 3 is 2.63 bits per heavy atom. The number of hydrogen-bond donors (Lipinski definition) is 0. The fourth-order valence-electron chi connectivity index (χ4n) is 2.06. The lowest BCUT2D eigenvalue weighted by Gasteiger charge is -2.31. The molecule has 0 aromatic heterocycles. The summed E-state index contributed by atoms with van der Waals surface area (Å²) < 4.78 is 4.86.